The third-order valence-corrected chi connectivity index (χ3v) is 3.74. The Morgan fingerprint density at radius 3 is 2.53 bits per heavy atom. The monoisotopic (exact) mass is 281 g/mol. The number of carbonyl (C=O) groups is 1. The third kappa shape index (κ3) is 4.24. The topological polar surface area (TPSA) is 20.3 Å². The normalized spacial score (nSPS) is 13.9. The van der Waals surface area contributed by atoms with Crippen LogP contribution in [-0.4, -0.2) is 11.9 Å². The molecule has 0 aliphatic rings. The Balaban J connectivity index is 3.08. The van der Waals surface area contributed by atoms with Crippen LogP contribution in [-0.2, 0) is 4.79 Å². The molecule has 0 aromatic heterocycles. The average Bonchev–Trinajstić information content (AvgIpc) is 2.38. The zero-order valence-electron chi connectivity index (χ0n) is 12.3. The SMILES string of the molecule is CCCC(C)N(C(=O)C(C)CC)c1cccc(Cl)c1. The molecule has 0 heterocycles. The summed E-state index contributed by atoms with van der Waals surface area (Å²) in [4.78, 5) is 14.5. The van der Waals surface area contributed by atoms with E-state index in [-0.39, 0.29) is 17.9 Å². The summed E-state index contributed by atoms with van der Waals surface area (Å²) in [6.45, 7) is 8.27. The molecule has 1 amide bonds. The van der Waals surface area contributed by atoms with Crippen molar-refractivity contribution in [2.75, 3.05) is 4.90 Å². The molecule has 2 atom stereocenters. The van der Waals surface area contributed by atoms with Crippen molar-refractivity contribution < 1.29 is 4.79 Å². The highest BCUT2D eigenvalue weighted by atomic mass is 35.5. The highest BCUT2D eigenvalue weighted by molar-refractivity contribution is 6.30. The van der Waals surface area contributed by atoms with E-state index in [1.165, 1.54) is 0 Å². The first-order valence-electron chi connectivity index (χ1n) is 7.09. The van der Waals surface area contributed by atoms with E-state index in [9.17, 15) is 4.79 Å². The van der Waals surface area contributed by atoms with Gasteiger partial charge in [0.2, 0.25) is 5.91 Å². The minimum absolute atomic E-state index is 0.0401. The number of halogens is 1. The molecule has 19 heavy (non-hydrogen) atoms. The van der Waals surface area contributed by atoms with Gasteiger partial charge in [-0.3, -0.25) is 4.79 Å². The van der Waals surface area contributed by atoms with Crippen molar-refractivity contribution >= 4 is 23.2 Å². The molecule has 0 saturated heterocycles. The molecule has 0 fully saturated rings. The van der Waals surface area contributed by atoms with Crippen molar-refractivity contribution in [3.63, 3.8) is 0 Å². The fourth-order valence-electron chi connectivity index (χ4n) is 2.18. The molecule has 2 unspecified atom stereocenters. The number of rotatable bonds is 6. The van der Waals surface area contributed by atoms with Gasteiger partial charge in [0.05, 0.1) is 0 Å². The minimum atomic E-state index is 0.0401. The summed E-state index contributed by atoms with van der Waals surface area (Å²) in [6.07, 6.45) is 2.91. The van der Waals surface area contributed by atoms with Gasteiger partial charge in [-0.05, 0) is 38.0 Å². The third-order valence-electron chi connectivity index (χ3n) is 3.50. The number of anilines is 1. The number of nitrogens with zero attached hydrogens (tertiary/aromatic N) is 1. The molecule has 0 aliphatic heterocycles. The zero-order valence-corrected chi connectivity index (χ0v) is 13.1. The Kier molecular flexibility index (Phi) is 6.36. The summed E-state index contributed by atoms with van der Waals surface area (Å²) < 4.78 is 0. The minimum Gasteiger partial charge on any atom is -0.309 e. The predicted molar refractivity (Wildman–Crippen MR) is 82.8 cm³/mol. The average molecular weight is 282 g/mol. The number of benzene rings is 1. The number of hydrogen-bond donors (Lipinski definition) is 0. The van der Waals surface area contributed by atoms with Crippen LogP contribution in [0.1, 0.15) is 47.0 Å². The second kappa shape index (κ2) is 7.54. The van der Waals surface area contributed by atoms with Gasteiger partial charge in [0.25, 0.3) is 0 Å². The fraction of sp³-hybridized carbons (Fsp3) is 0.562. The van der Waals surface area contributed by atoms with Crippen LogP contribution >= 0.6 is 11.6 Å². The zero-order chi connectivity index (χ0) is 14.4. The van der Waals surface area contributed by atoms with E-state index in [2.05, 4.69) is 13.8 Å². The van der Waals surface area contributed by atoms with Gasteiger partial charge in [0, 0.05) is 22.7 Å². The summed E-state index contributed by atoms with van der Waals surface area (Å²) >= 11 is 6.05. The van der Waals surface area contributed by atoms with Gasteiger partial charge in [0.15, 0.2) is 0 Å². The number of carbonyl (C=O) groups excluding carboxylic acids is 1. The van der Waals surface area contributed by atoms with Crippen molar-refractivity contribution in [3.8, 4) is 0 Å². The van der Waals surface area contributed by atoms with Crippen LogP contribution in [0.3, 0.4) is 0 Å². The maximum absolute atomic E-state index is 12.6. The molecule has 0 bridgehead atoms. The van der Waals surface area contributed by atoms with E-state index >= 15 is 0 Å². The second-order valence-corrected chi connectivity index (χ2v) is 5.57. The van der Waals surface area contributed by atoms with E-state index in [4.69, 9.17) is 11.6 Å². The van der Waals surface area contributed by atoms with Crippen molar-refractivity contribution in [2.24, 2.45) is 5.92 Å². The van der Waals surface area contributed by atoms with Crippen molar-refractivity contribution in [3.05, 3.63) is 29.3 Å². The molecular weight excluding hydrogens is 258 g/mol. The van der Waals surface area contributed by atoms with Crippen molar-refractivity contribution in [1.82, 2.24) is 0 Å². The van der Waals surface area contributed by atoms with E-state index < -0.39 is 0 Å². The van der Waals surface area contributed by atoms with Crippen molar-refractivity contribution in [2.45, 2.75) is 53.0 Å². The first-order chi connectivity index (χ1) is 9.01. The van der Waals surface area contributed by atoms with Crippen LogP contribution in [0.15, 0.2) is 24.3 Å². The molecule has 0 aliphatic carbocycles. The quantitative estimate of drug-likeness (QED) is 0.726. The molecule has 0 N–H and O–H groups in total. The summed E-state index contributed by atoms with van der Waals surface area (Å²) in [7, 11) is 0. The van der Waals surface area contributed by atoms with Gasteiger partial charge in [0.1, 0.15) is 0 Å². The molecule has 1 aromatic carbocycles. The van der Waals surface area contributed by atoms with E-state index in [0.29, 0.717) is 5.02 Å². The molecule has 1 aromatic rings. The summed E-state index contributed by atoms with van der Waals surface area (Å²) in [5.41, 5.74) is 0.902. The molecule has 3 heteroatoms. The van der Waals surface area contributed by atoms with Gasteiger partial charge in [-0.15, -0.1) is 0 Å². The second-order valence-electron chi connectivity index (χ2n) is 5.14. The Labute approximate surface area is 121 Å². The summed E-state index contributed by atoms with van der Waals surface area (Å²) in [6, 6.07) is 7.76. The molecule has 0 saturated carbocycles. The lowest BCUT2D eigenvalue weighted by atomic mass is 10.0. The van der Waals surface area contributed by atoms with Gasteiger partial charge in [-0.25, -0.2) is 0 Å². The lowest BCUT2D eigenvalue weighted by Gasteiger charge is -2.31. The Hall–Kier alpha value is -1.02. The first kappa shape index (κ1) is 16.0. The van der Waals surface area contributed by atoms with Crippen LogP contribution in [0, 0.1) is 5.92 Å². The molecule has 0 radical (unpaired) electrons. The first-order valence-corrected chi connectivity index (χ1v) is 7.47. The van der Waals surface area contributed by atoms with E-state index in [0.717, 1.165) is 24.9 Å². The molecule has 1 rings (SSSR count). The lowest BCUT2D eigenvalue weighted by molar-refractivity contribution is -0.122. The Bertz CT molecular complexity index is 419. The van der Waals surface area contributed by atoms with Crippen LogP contribution < -0.4 is 4.90 Å². The van der Waals surface area contributed by atoms with Crippen LogP contribution in [0.5, 0.6) is 0 Å². The fourth-order valence-corrected chi connectivity index (χ4v) is 2.37. The predicted octanol–water partition coefficient (Wildman–Crippen LogP) is 4.91. The molecule has 0 spiro atoms. The lowest BCUT2D eigenvalue weighted by Crippen LogP contribution is -2.41. The maximum Gasteiger partial charge on any atom is 0.230 e. The largest absolute Gasteiger partial charge is 0.309 e. The Morgan fingerprint density at radius 1 is 1.32 bits per heavy atom. The maximum atomic E-state index is 12.6. The van der Waals surface area contributed by atoms with Crippen LogP contribution in [0.2, 0.25) is 5.02 Å². The van der Waals surface area contributed by atoms with Gasteiger partial charge >= 0.3 is 0 Å². The molecule has 106 valence electrons. The molecular formula is C16H24ClNO. The number of hydrogen-bond acceptors (Lipinski definition) is 1. The van der Waals surface area contributed by atoms with E-state index in [1.54, 1.807) is 0 Å². The van der Waals surface area contributed by atoms with Gasteiger partial charge in [-0.1, -0.05) is 44.9 Å². The standard InChI is InChI=1S/C16H24ClNO/c1-5-8-13(4)18(16(19)12(3)6-2)15-10-7-9-14(17)11-15/h7,9-13H,5-6,8H2,1-4H3. The summed E-state index contributed by atoms with van der Waals surface area (Å²) in [5.74, 6) is 0.226. The Morgan fingerprint density at radius 2 is 2.00 bits per heavy atom. The van der Waals surface area contributed by atoms with E-state index in [1.807, 2.05) is 43.0 Å². The highest BCUT2D eigenvalue weighted by Gasteiger charge is 2.25. The van der Waals surface area contributed by atoms with Crippen LogP contribution in [0.4, 0.5) is 5.69 Å². The summed E-state index contributed by atoms with van der Waals surface area (Å²) in [5, 5.41) is 0.670. The van der Waals surface area contributed by atoms with Gasteiger partial charge < -0.3 is 4.90 Å². The van der Waals surface area contributed by atoms with Gasteiger partial charge in [-0.2, -0.15) is 0 Å². The van der Waals surface area contributed by atoms with Crippen molar-refractivity contribution in [1.29, 1.82) is 0 Å². The smallest absolute Gasteiger partial charge is 0.230 e. The highest BCUT2D eigenvalue weighted by Crippen LogP contribution is 2.25. The number of amides is 1. The molecule has 2 nitrogen and oxygen atoms in total. The van der Waals surface area contributed by atoms with Crippen LogP contribution in [0.25, 0.3) is 0 Å².